The number of nitrogens with zero attached hydrogens (tertiary/aromatic N) is 1. The second kappa shape index (κ2) is 8.77. The smallest absolute Gasteiger partial charge is 0.338 e. The molecule has 2 aromatic carbocycles. The van der Waals surface area contributed by atoms with Crippen LogP contribution in [0.4, 0.5) is 0 Å². The van der Waals surface area contributed by atoms with Crippen LogP contribution in [0.2, 0.25) is 0 Å². The highest BCUT2D eigenvalue weighted by molar-refractivity contribution is 7.91. The number of esters is 1. The van der Waals surface area contributed by atoms with E-state index in [9.17, 15) is 18.0 Å². The van der Waals surface area contributed by atoms with Crippen molar-refractivity contribution in [1.29, 1.82) is 0 Å². The van der Waals surface area contributed by atoms with Crippen molar-refractivity contribution in [3.8, 4) is 17.2 Å². The second-order valence-electron chi connectivity index (χ2n) is 8.27. The van der Waals surface area contributed by atoms with Gasteiger partial charge in [0.15, 0.2) is 9.84 Å². The molecule has 178 valence electrons. The number of benzene rings is 2. The highest BCUT2D eigenvalue weighted by atomic mass is 32.2. The van der Waals surface area contributed by atoms with Gasteiger partial charge in [0.2, 0.25) is 11.2 Å². The number of rotatable bonds is 5. The van der Waals surface area contributed by atoms with Gasteiger partial charge in [-0.25, -0.2) is 13.2 Å². The molecule has 1 saturated heterocycles. The molecule has 5 rings (SSSR count). The third kappa shape index (κ3) is 4.26. The maximum atomic E-state index is 13.1. The average Bonchev–Trinajstić information content (AvgIpc) is 3.20. The zero-order valence-electron chi connectivity index (χ0n) is 18.5. The van der Waals surface area contributed by atoms with Gasteiger partial charge in [-0.15, -0.1) is 0 Å². The first kappa shape index (κ1) is 22.4. The van der Waals surface area contributed by atoms with E-state index in [0.717, 1.165) is 0 Å². The van der Waals surface area contributed by atoms with Crippen LogP contribution in [0, 0.1) is 0 Å². The standard InChI is InChI=1S/C24H23NO8S/c1-2-30-24(27)15-3-5-17(6-4-15)33-21-12-31-23-18(22(21)26)7-8-20-19(23)11-25(14-32-20)16-9-10-34(28,29)13-16/h3-8,12,16H,2,9-11,13-14H2,1H3/t16-/m1/s1. The minimum absolute atomic E-state index is 0.00630. The molecule has 1 atom stereocenters. The van der Waals surface area contributed by atoms with Crippen molar-refractivity contribution in [1.82, 2.24) is 4.90 Å². The predicted molar refractivity (Wildman–Crippen MR) is 123 cm³/mol. The first-order valence-corrected chi connectivity index (χ1v) is 12.8. The molecule has 3 aromatic rings. The highest BCUT2D eigenvalue weighted by Gasteiger charge is 2.35. The fourth-order valence-electron chi connectivity index (χ4n) is 4.28. The van der Waals surface area contributed by atoms with Gasteiger partial charge in [0.05, 0.1) is 34.6 Å². The molecule has 0 saturated carbocycles. The van der Waals surface area contributed by atoms with Crippen LogP contribution in [0.3, 0.4) is 0 Å². The highest BCUT2D eigenvalue weighted by Crippen LogP contribution is 2.34. The number of ether oxygens (including phenoxy) is 3. The Balaban J connectivity index is 1.40. The molecule has 0 bridgehead atoms. The summed E-state index contributed by atoms with van der Waals surface area (Å²) in [6, 6.07) is 9.49. The van der Waals surface area contributed by atoms with Gasteiger partial charge in [0.25, 0.3) is 0 Å². The largest absolute Gasteiger partial charge is 0.478 e. The van der Waals surface area contributed by atoms with E-state index in [2.05, 4.69) is 0 Å². The summed E-state index contributed by atoms with van der Waals surface area (Å²) < 4.78 is 46.1. The maximum Gasteiger partial charge on any atom is 0.338 e. The third-order valence-corrected chi connectivity index (χ3v) is 7.79. The van der Waals surface area contributed by atoms with E-state index >= 15 is 0 Å². The molecule has 3 heterocycles. The summed E-state index contributed by atoms with van der Waals surface area (Å²) in [6.45, 7) is 2.72. The lowest BCUT2D eigenvalue weighted by molar-refractivity contribution is 0.0526. The summed E-state index contributed by atoms with van der Waals surface area (Å²) in [4.78, 5) is 26.9. The van der Waals surface area contributed by atoms with Gasteiger partial charge in [-0.1, -0.05) is 0 Å². The molecule has 1 aromatic heterocycles. The molecule has 0 aliphatic carbocycles. The zero-order chi connectivity index (χ0) is 23.9. The second-order valence-corrected chi connectivity index (χ2v) is 10.5. The fraction of sp³-hybridized carbons (Fsp3) is 0.333. The van der Waals surface area contributed by atoms with Crippen molar-refractivity contribution in [2.75, 3.05) is 24.8 Å². The predicted octanol–water partition coefficient (Wildman–Crippen LogP) is 3.10. The summed E-state index contributed by atoms with van der Waals surface area (Å²) in [5, 5.41) is 0.337. The first-order valence-electron chi connectivity index (χ1n) is 10.9. The molecule has 9 nitrogen and oxygen atoms in total. The lowest BCUT2D eigenvalue weighted by Gasteiger charge is -2.33. The average molecular weight is 486 g/mol. The number of hydrogen-bond donors (Lipinski definition) is 0. The summed E-state index contributed by atoms with van der Waals surface area (Å²) in [7, 11) is -3.03. The Kier molecular flexibility index (Phi) is 5.78. The molecule has 0 radical (unpaired) electrons. The molecule has 0 amide bonds. The quantitative estimate of drug-likeness (QED) is 0.503. The van der Waals surface area contributed by atoms with Crippen molar-refractivity contribution in [2.24, 2.45) is 0 Å². The van der Waals surface area contributed by atoms with Gasteiger partial charge >= 0.3 is 5.97 Å². The Morgan fingerprint density at radius 1 is 1.18 bits per heavy atom. The Morgan fingerprint density at radius 3 is 2.68 bits per heavy atom. The van der Waals surface area contributed by atoms with Crippen LogP contribution in [0.25, 0.3) is 11.0 Å². The van der Waals surface area contributed by atoms with Crippen molar-refractivity contribution in [2.45, 2.75) is 25.9 Å². The van der Waals surface area contributed by atoms with Gasteiger partial charge in [-0.3, -0.25) is 9.69 Å². The topological polar surface area (TPSA) is 112 Å². The van der Waals surface area contributed by atoms with Gasteiger partial charge in [-0.2, -0.15) is 0 Å². The normalized spacial score (nSPS) is 19.4. The lowest BCUT2D eigenvalue weighted by atomic mass is 10.1. The summed E-state index contributed by atoms with van der Waals surface area (Å²) in [6.07, 6.45) is 1.81. The molecule has 0 N–H and O–H groups in total. The number of hydrogen-bond acceptors (Lipinski definition) is 9. The molecule has 2 aliphatic heterocycles. The summed E-state index contributed by atoms with van der Waals surface area (Å²) in [5.74, 6) is 0.827. The Bertz CT molecular complexity index is 1410. The van der Waals surface area contributed by atoms with E-state index in [1.807, 2.05) is 4.90 Å². The maximum absolute atomic E-state index is 13.1. The van der Waals surface area contributed by atoms with Crippen LogP contribution in [0.1, 0.15) is 29.3 Å². The van der Waals surface area contributed by atoms with Crippen LogP contribution >= 0.6 is 0 Å². The van der Waals surface area contributed by atoms with Gasteiger partial charge in [0, 0.05) is 12.6 Å². The third-order valence-electron chi connectivity index (χ3n) is 6.03. The van der Waals surface area contributed by atoms with Gasteiger partial charge < -0.3 is 18.6 Å². The lowest BCUT2D eigenvalue weighted by Crippen LogP contribution is -2.41. The number of carbonyl (C=O) groups excluding carboxylic acids is 1. The summed E-state index contributed by atoms with van der Waals surface area (Å²) in [5.41, 5.74) is 1.12. The Labute approximate surface area is 195 Å². The SMILES string of the molecule is CCOC(=O)c1ccc(Oc2coc3c4c(ccc3c2=O)OCN([C@@H]2CCS(=O)(=O)C2)C4)cc1. The molecule has 1 fully saturated rings. The zero-order valence-corrected chi connectivity index (χ0v) is 19.3. The van der Waals surface area contributed by atoms with E-state index in [4.69, 9.17) is 18.6 Å². The number of sulfone groups is 1. The number of carbonyl (C=O) groups is 1. The Morgan fingerprint density at radius 2 is 1.97 bits per heavy atom. The van der Waals surface area contributed by atoms with E-state index in [1.165, 1.54) is 6.26 Å². The van der Waals surface area contributed by atoms with Crippen LogP contribution < -0.4 is 14.9 Å². The van der Waals surface area contributed by atoms with Crippen LogP contribution in [-0.2, 0) is 21.1 Å². The summed E-state index contributed by atoms with van der Waals surface area (Å²) >= 11 is 0. The fourth-order valence-corrected chi connectivity index (χ4v) is 6.04. The molecule has 0 spiro atoms. The van der Waals surface area contributed by atoms with Gasteiger partial charge in [-0.05, 0) is 49.7 Å². The van der Waals surface area contributed by atoms with Crippen molar-refractivity contribution < 1.29 is 31.8 Å². The van der Waals surface area contributed by atoms with Crippen LogP contribution in [-0.4, -0.2) is 50.2 Å². The van der Waals surface area contributed by atoms with Crippen molar-refractivity contribution in [3.63, 3.8) is 0 Å². The molecule has 10 heteroatoms. The van der Waals surface area contributed by atoms with E-state index < -0.39 is 15.8 Å². The van der Waals surface area contributed by atoms with Gasteiger partial charge in [0.1, 0.15) is 30.1 Å². The van der Waals surface area contributed by atoms with E-state index in [-0.39, 0.29) is 42.1 Å². The van der Waals surface area contributed by atoms with E-state index in [1.54, 1.807) is 43.3 Å². The first-order chi connectivity index (χ1) is 16.3. The monoisotopic (exact) mass is 485 g/mol. The van der Waals surface area contributed by atoms with Crippen LogP contribution in [0.15, 0.2) is 51.9 Å². The molecular weight excluding hydrogens is 462 g/mol. The molecule has 34 heavy (non-hydrogen) atoms. The van der Waals surface area contributed by atoms with Crippen molar-refractivity contribution in [3.05, 3.63) is 64.0 Å². The minimum Gasteiger partial charge on any atom is -0.478 e. The number of fused-ring (bicyclic) bond motifs is 3. The molecular formula is C24H23NO8S. The van der Waals surface area contributed by atoms with E-state index in [0.29, 0.717) is 46.6 Å². The van der Waals surface area contributed by atoms with Crippen molar-refractivity contribution >= 4 is 26.8 Å². The molecule has 0 unspecified atom stereocenters. The van der Waals surface area contributed by atoms with Crippen LogP contribution in [0.5, 0.6) is 17.2 Å². The molecule has 2 aliphatic rings. The Hall–Kier alpha value is -3.37. The minimum atomic E-state index is -3.03.